The van der Waals surface area contributed by atoms with Gasteiger partial charge < -0.3 is 5.32 Å². The number of carbonyl (C=O) groups excluding carboxylic acids is 1. The standard InChI is InChI=1S/C30H57N3O/c1-4-6-7-8-9-10-11-12-13-14-15-16-17-18-19-20-21-22-23-24-30-32-26-28-33(30,5-2)27-25-31-29(3)34/h10-11,26,30H,4-9,12-25,27-28H2,1-3H3/p+1/b11-10+. The summed E-state index contributed by atoms with van der Waals surface area (Å²) in [6.07, 6.45) is 31.9. The summed E-state index contributed by atoms with van der Waals surface area (Å²) in [5.41, 5.74) is 0. The van der Waals surface area contributed by atoms with Crippen LogP contribution in [0, 0.1) is 0 Å². The van der Waals surface area contributed by atoms with Crippen LogP contribution in [-0.2, 0) is 4.79 Å². The van der Waals surface area contributed by atoms with Gasteiger partial charge in [-0.3, -0.25) is 9.28 Å². The molecule has 0 aromatic carbocycles. The number of quaternary nitrogens is 1. The second kappa shape index (κ2) is 21.1. The second-order valence-corrected chi connectivity index (χ2v) is 10.5. The van der Waals surface area contributed by atoms with Crippen molar-refractivity contribution >= 4 is 12.1 Å². The van der Waals surface area contributed by atoms with Gasteiger partial charge >= 0.3 is 0 Å². The molecule has 1 rings (SSSR count). The van der Waals surface area contributed by atoms with Crippen LogP contribution in [0.2, 0.25) is 0 Å². The Bertz CT molecular complexity index is 545. The van der Waals surface area contributed by atoms with E-state index in [1.807, 2.05) is 0 Å². The number of nitrogens with one attached hydrogen (secondary N) is 1. The molecule has 0 fully saturated rings. The third-order valence-corrected chi connectivity index (χ3v) is 7.64. The molecule has 1 aliphatic rings. The fourth-order valence-corrected chi connectivity index (χ4v) is 5.24. The lowest BCUT2D eigenvalue weighted by molar-refractivity contribution is -0.935. The van der Waals surface area contributed by atoms with Crippen molar-refractivity contribution < 1.29 is 9.28 Å². The average molecular weight is 477 g/mol. The normalized spacial score (nSPS) is 19.9. The summed E-state index contributed by atoms with van der Waals surface area (Å²) in [7, 11) is 0. The minimum Gasteiger partial charge on any atom is -0.351 e. The first-order valence-electron chi connectivity index (χ1n) is 14.9. The van der Waals surface area contributed by atoms with Gasteiger partial charge in [-0.15, -0.1) is 0 Å². The van der Waals surface area contributed by atoms with Gasteiger partial charge in [0.25, 0.3) is 0 Å². The van der Waals surface area contributed by atoms with Crippen LogP contribution in [0.15, 0.2) is 17.1 Å². The van der Waals surface area contributed by atoms with Crippen molar-refractivity contribution in [1.82, 2.24) is 5.32 Å². The highest BCUT2D eigenvalue weighted by atomic mass is 16.1. The maximum atomic E-state index is 11.2. The van der Waals surface area contributed by atoms with Gasteiger partial charge in [0.1, 0.15) is 6.54 Å². The molecule has 1 amide bonds. The highest BCUT2D eigenvalue weighted by Gasteiger charge is 2.37. The summed E-state index contributed by atoms with van der Waals surface area (Å²) in [6.45, 7) is 10.0. The van der Waals surface area contributed by atoms with E-state index in [1.54, 1.807) is 6.92 Å². The summed E-state index contributed by atoms with van der Waals surface area (Å²) in [4.78, 5) is 16.0. The van der Waals surface area contributed by atoms with Crippen molar-refractivity contribution in [3.63, 3.8) is 0 Å². The molecule has 1 aliphatic heterocycles. The number of nitrogens with zero attached hydrogens (tertiary/aromatic N) is 2. The lowest BCUT2D eigenvalue weighted by atomic mass is 10.0. The van der Waals surface area contributed by atoms with Gasteiger partial charge in [-0.2, -0.15) is 0 Å². The molecule has 4 heteroatoms. The van der Waals surface area contributed by atoms with Crippen molar-refractivity contribution in [2.75, 3.05) is 26.2 Å². The van der Waals surface area contributed by atoms with Crippen LogP contribution in [-0.4, -0.2) is 48.9 Å². The molecule has 2 unspecified atom stereocenters. The fraction of sp³-hybridized carbons (Fsp3) is 0.867. The van der Waals surface area contributed by atoms with Crippen LogP contribution in [0.3, 0.4) is 0 Å². The third kappa shape index (κ3) is 15.0. The van der Waals surface area contributed by atoms with E-state index in [2.05, 4.69) is 37.5 Å². The van der Waals surface area contributed by atoms with E-state index in [9.17, 15) is 4.79 Å². The first-order valence-corrected chi connectivity index (χ1v) is 14.9. The summed E-state index contributed by atoms with van der Waals surface area (Å²) < 4.78 is 1.02. The molecule has 4 nitrogen and oxygen atoms in total. The predicted molar refractivity (Wildman–Crippen MR) is 149 cm³/mol. The molecule has 0 spiro atoms. The minimum atomic E-state index is 0.0714. The van der Waals surface area contributed by atoms with Crippen LogP contribution in [0.1, 0.15) is 136 Å². The fourth-order valence-electron chi connectivity index (χ4n) is 5.24. The highest BCUT2D eigenvalue weighted by molar-refractivity contribution is 5.72. The summed E-state index contributed by atoms with van der Waals surface area (Å²) in [5.74, 6) is 0.0714. The van der Waals surface area contributed by atoms with E-state index in [-0.39, 0.29) is 5.91 Å². The Kier molecular flexibility index (Phi) is 19.2. The molecule has 0 radical (unpaired) electrons. The zero-order valence-electron chi connectivity index (χ0n) is 23.2. The Morgan fingerprint density at radius 1 is 0.853 bits per heavy atom. The first-order chi connectivity index (χ1) is 16.6. The van der Waals surface area contributed by atoms with Gasteiger partial charge in [0.2, 0.25) is 5.91 Å². The van der Waals surface area contributed by atoms with Crippen molar-refractivity contribution in [3.05, 3.63) is 12.2 Å². The Hall–Kier alpha value is -1.16. The molecular weight excluding hydrogens is 418 g/mol. The number of amides is 1. The number of carbonyl (C=O) groups is 1. The Labute approximate surface area is 212 Å². The number of aliphatic imine (C=N–C) groups is 1. The Balaban J connectivity index is 1.90. The number of allylic oxidation sites excluding steroid dienone is 2. The monoisotopic (exact) mass is 476 g/mol. The number of rotatable bonds is 23. The van der Waals surface area contributed by atoms with E-state index in [4.69, 9.17) is 4.99 Å². The molecule has 0 saturated carbocycles. The number of likely N-dealkylation sites (N-methyl/N-ethyl adjacent to an activating group) is 1. The summed E-state index contributed by atoms with van der Waals surface area (Å²) >= 11 is 0. The van der Waals surface area contributed by atoms with Crippen LogP contribution in [0.25, 0.3) is 0 Å². The lowest BCUT2D eigenvalue weighted by Gasteiger charge is -2.38. The zero-order valence-corrected chi connectivity index (χ0v) is 23.2. The van der Waals surface area contributed by atoms with Gasteiger partial charge in [-0.1, -0.05) is 96.1 Å². The highest BCUT2D eigenvalue weighted by Crippen LogP contribution is 2.24. The molecular formula is C30H58N3O+. The van der Waals surface area contributed by atoms with E-state index >= 15 is 0 Å². The van der Waals surface area contributed by atoms with E-state index < -0.39 is 0 Å². The smallest absolute Gasteiger partial charge is 0.217 e. The SMILES string of the molecule is CCCCCC/C=C/CCCCCCCCCCCCCC1N=CC[N+]1(CC)CCNC(C)=O. The molecule has 34 heavy (non-hydrogen) atoms. The van der Waals surface area contributed by atoms with Gasteiger partial charge in [0.15, 0.2) is 6.17 Å². The lowest BCUT2D eigenvalue weighted by Crippen LogP contribution is -2.55. The number of unbranched alkanes of at least 4 members (excludes halogenated alkanes) is 15. The minimum absolute atomic E-state index is 0.0714. The van der Waals surface area contributed by atoms with Gasteiger partial charge in [0.05, 0.1) is 25.8 Å². The Morgan fingerprint density at radius 2 is 1.38 bits per heavy atom. The van der Waals surface area contributed by atoms with Crippen molar-refractivity contribution in [3.8, 4) is 0 Å². The Morgan fingerprint density at radius 3 is 1.91 bits per heavy atom. The quantitative estimate of drug-likeness (QED) is 0.0906. The van der Waals surface area contributed by atoms with Crippen molar-refractivity contribution in [2.24, 2.45) is 4.99 Å². The van der Waals surface area contributed by atoms with E-state index in [0.29, 0.717) is 6.17 Å². The van der Waals surface area contributed by atoms with Crippen LogP contribution < -0.4 is 5.32 Å². The summed E-state index contributed by atoms with van der Waals surface area (Å²) in [5, 5.41) is 2.97. The average Bonchev–Trinajstić information content (AvgIpc) is 3.23. The summed E-state index contributed by atoms with van der Waals surface area (Å²) in [6, 6.07) is 0. The van der Waals surface area contributed by atoms with Crippen molar-refractivity contribution in [2.45, 2.75) is 143 Å². The van der Waals surface area contributed by atoms with Gasteiger partial charge in [-0.25, -0.2) is 4.99 Å². The molecule has 2 atom stereocenters. The number of hydrogen-bond donors (Lipinski definition) is 1. The van der Waals surface area contributed by atoms with Crippen molar-refractivity contribution in [1.29, 1.82) is 0 Å². The first kappa shape index (κ1) is 30.9. The second-order valence-electron chi connectivity index (χ2n) is 10.5. The van der Waals surface area contributed by atoms with E-state index in [1.165, 1.54) is 116 Å². The molecule has 1 heterocycles. The molecule has 0 saturated heterocycles. The van der Waals surface area contributed by atoms with Crippen LogP contribution in [0.4, 0.5) is 0 Å². The maximum Gasteiger partial charge on any atom is 0.217 e. The van der Waals surface area contributed by atoms with E-state index in [0.717, 1.165) is 30.7 Å². The molecule has 0 bridgehead atoms. The maximum absolute atomic E-state index is 11.2. The van der Waals surface area contributed by atoms with Crippen LogP contribution >= 0.6 is 0 Å². The van der Waals surface area contributed by atoms with Gasteiger partial charge in [0, 0.05) is 13.3 Å². The largest absolute Gasteiger partial charge is 0.351 e. The van der Waals surface area contributed by atoms with Crippen LogP contribution in [0.5, 0.6) is 0 Å². The third-order valence-electron chi connectivity index (χ3n) is 7.64. The predicted octanol–water partition coefficient (Wildman–Crippen LogP) is 7.97. The molecule has 198 valence electrons. The van der Waals surface area contributed by atoms with Gasteiger partial charge in [-0.05, 0) is 39.0 Å². The molecule has 1 N–H and O–H groups in total. The number of hydrogen-bond acceptors (Lipinski definition) is 2. The zero-order chi connectivity index (χ0) is 24.7. The molecule has 0 aliphatic carbocycles. The molecule has 0 aromatic rings. The topological polar surface area (TPSA) is 41.5 Å². The molecule has 0 aromatic heterocycles.